The van der Waals surface area contributed by atoms with E-state index >= 15 is 0 Å². The summed E-state index contributed by atoms with van der Waals surface area (Å²) in [4.78, 5) is 8.35. The first-order chi connectivity index (χ1) is 10.5. The van der Waals surface area contributed by atoms with Crippen LogP contribution < -0.4 is 0 Å². The Morgan fingerprint density at radius 1 is 0.864 bits per heavy atom. The van der Waals surface area contributed by atoms with Gasteiger partial charge < -0.3 is 0 Å². The Morgan fingerprint density at radius 3 is 2.18 bits per heavy atom. The Balaban J connectivity index is 0.000000164. The predicted octanol–water partition coefficient (Wildman–Crippen LogP) is 5.21. The summed E-state index contributed by atoms with van der Waals surface area (Å²) in [6, 6.07) is 7.00. The molecule has 1 heterocycles. The molecular weight excluding hydrogens is 268 g/mol. The average molecular weight is 296 g/mol. The first kappa shape index (κ1) is 16.7. The van der Waals surface area contributed by atoms with Crippen molar-refractivity contribution in [2.24, 2.45) is 0 Å². The van der Waals surface area contributed by atoms with E-state index in [0.29, 0.717) is 11.8 Å². The Hall–Kier alpha value is -1.70. The van der Waals surface area contributed by atoms with Crippen molar-refractivity contribution in [1.82, 2.24) is 9.97 Å². The van der Waals surface area contributed by atoms with Gasteiger partial charge in [-0.3, -0.25) is 9.97 Å². The van der Waals surface area contributed by atoms with Crippen LogP contribution in [0.3, 0.4) is 0 Å². The maximum absolute atomic E-state index is 4.22. The summed E-state index contributed by atoms with van der Waals surface area (Å²) >= 11 is 0. The van der Waals surface area contributed by atoms with Crippen LogP contribution in [-0.2, 0) is 12.8 Å². The SMILES string of the molecule is CC(C)c1ccc2c(c1)CCC2.Cc1cnc(C(C)C)cn1. The van der Waals surface area contributed by atoms with Gasteiger partial charge in [0.1, 0.15) is 0 Å². The van der Waals surface area contributed by atoms with Crippen LogP contribution in [0.2, 0.25) is 0 Å². The highest BCUT2D eigenvalue weighted by atomic mass is 14.8. The van der Waals surface area contributed by atoms with Gasteiger partial charge in [-0.1, -0.05) is 45.9 Å². The van der Waals surface area contributed by atoms with Gasteiger partial charge in [0.15, 0.2) is 0 Å². The van der Waals surface area contributed by atoms with Gasteiger partial charge in [-0.25, -0.2) is 0 Å². The summed E-state index contributed by atoms with van der Waals surface area (Å²) in [6.45, 7) is 10.7. The number of hydrogen-bond acceptors (Lipinski definition) is 2. The molecule has 2 aromatic rings. The molecule has 0 fully saturated rings. The minimum Gasteiger partial charge on any atom is -0.258 e. The van der Waals surface area contributed by atoms with Gasteiger partial charge in [-0.05, 0) is 54.7 Å². The van der Waals surface area contributed by atoms with Crippen molar-refractivity contribution in [1.29, 1.82) is 0 Å². The molecule has 2 heteroatoms. The molecule has 1 aromatic heterocycles. The lowest BCUT2D eigenvalue weighted by molar-refractivity contribution is 0.807. The third kappa shape index (κ3) is 4.40. The molecule has 1 aliphatic carbocycles. The van der Waals surface area contributed by atoms with Gasteiger partial charge in [0.2, 0.25) is 0 Å². The Kier molecular flexibility index (Phi) is 5.70. The number of fused-ring (bicyclic) bond motifs is 1. The molecular formula is C20H28N2. The average Bonchev–Trinajstić information content (AvgIpc) is 2.95. The number of benzene rings is 1. The minimum atomic E-state index is 0.480. The summed E-state index contributed by atoms with van der Waals surface area (Å²) in [7, 11) is 0. The largest absolute Gasteiger partial charge is 0.258 e. The van der Waals surface area contributed by atoms with E-state index < -0.39 is 0 Å². The molecule has 0 atom stereocenters. The maximum atomic E-state index is 4.22. The molecule has 0 bridgehead atoms. The van der Waals surface area contributed by atoms with Gasteiger partial charge in [-0.15, -0.1) is 0 Å². The third-order valence-corrected chi connectivity index (χ3v) is 4.18. The summed E-state index contributed by atoms with van der Waals surface area (Å²) in [6.07, 6.45) is 7.59. The van der Waals surface area contributed by atoms with Crippen LogP contribution in [0.5, 0.6) is 0 Å². The van der Waals surface area contributed by atoms with Crippen molar-refractivity contribution >= 4 is 0 Å². The zero-order chi connectivity index (χ0) is 16.1. The normalized spacial score (nSPS) is 13.0. The van der Waals surface area contributed by atoms with Crippen LogP contribution in [0.25, 0.3) is 0 Å². The van der Waals surface area contributed by atoms with Crippen LogP contribution in [0, 0.1) is 6.92 Å². The first-order valence-electron chi connectivity index (χ1n) is 8.37. The predicted molar refractivity (Wildman–Crippen MR) is 93.4 cm³/mol. The molecule has 0 N–H and O–H groups in total. The highest BCUT2D eigenvalue weighted by Gasteiger charge is 2.11. The molecule has 0 amide bonds. The topological polar surface area (TPSA) is 25.8 Å². The molecule has 0 spiro atoms. The van der Waals surface area contributed by atoms with Gasteiger partial charge >= 0.3 is 0 Å². The summed E-state index contributed by atoms with van der Waals surface area (Å²) in [5, 5.41) is 0. The smallest absolute Gasteiger partial charge is 0.0612 e. The van der Waals surface area contributed by atoms with Crippen LogP contribution in [0.4, 0.5) is 0 Å². The monoisotopic (exact) mass is 296 g/mol. The first-order valence-corrected chi connectivity index (χ1v) is 8.37. The fraction of sp³-hybridized carbons (Fsp3) is 0.500. The van der Waals surface area contributed by atoms with Crippen molar-refractivity contribution in [2.75, 3.05) is 0 Å². The summed E-state index contributed by atoms with van der Waals surface area (Å²) in [5.74, 6) is 1.16. The van der Waals surface area contributed by atoms with Crippen LogP contribution in [0.1, 0.15) is 74.0 Å². The summed E-state index contributed by atoms with van der Waals surface area (Å²) in [5.41, 5.74) is 6.71. The van der Waals surface area contributed by atoms with Crippen molar-refractivity contribution in [3.8, 4) is 0 Å². The molecule has 22 heavy (non-hydrogen) atoms. The van der Waals surface area contributed by atoms with Gasteiger partial charge in [0.25, 0.3) is 0 Å². The van der Waals surface area contributed by atoms with Crippen molar-refractivity contribution in [2.45, 2.75) is 65.7 Å². The van der Waals surface area contributed by atoms with E-state index in [-0.39, 0.29) is 0 Å². The summed E-state index contributed by atoms with van der Waals surface area (Å²) < 4.78 is 0. The molecule has 0 aliphatic heterocycles. The Bertz CT molecular complexity index is 598. The lowest BCUT2D eigenvalue weighted by Gasteiger charge is -2.07. The zero-order valence-corrected chi connectivity index (χ0v) is 14.6. The second kappa shape index (κ2) is 7.53. The highest BCUT2D eigenvalue weighted by molar-refractivity contribution is 5.36. The number of aromatic nitrogens is 2. The molecule has 2 nitrogen and oxygen atoms in total. The molecule has 0 radical (unpaired) electrons. The Morgan fingerprint density at radius 2 is 1.59 bits per heavy atom. The minimum absolute atomic E-state index is 0.480. The van der Waals surface area contributed by atoms with Gasteiger partial charge in [-0.2, -0.15) is 0 Å². The van der Waals surface area contributed by atoms with Crippen LogP contribution in [0.15, 0.2) is 30.6 Å². The van der Waals surface area contributed by atoms with E-state index in [1.165, 1.54) is 24.8 Å². The number of aryl methyl sites for hydroxylation is 3. The lowest BCUT2D eigenvalue weighted by Crippen LogP contribution is -1.93. The van der Waals surface area contributed by atoms with Crippen molar-refractivity contribution < 1.29 is 0 Å². The standard InChI is InChI=1S/C12H16.C8H12N2/c1-9(2)11-7-6-10-4-3-5-12(10)8-11;1-6(2)8-5-9-7(3)4-10-8/h6-9H,3-5H2,1-2H3;4-6H,1-3H3. The molecule has 0 saturated carbocycles. The maximum Gasteiger partial charge on any atom is 0.0612 e. The van der Waals surface area contributed by atoms with Gasteiger partial charge in [0, 0.05) is 12.4 Å². The molecule has 0 saturated heterocycles. The lowest BCUT2D eigenvalue weighted by atomic mass is 9.99. The molecule has 0 unspecified atom stereocenters. The van der Waals surface area contributed by atoms with Crippen molar-refractivity contribution in [3.05, 3.63) is 58.7 Å². The third-order valence-electron chi connectivity index (χ3n) is 4.18. The van der Waals surface area contributed by atoms with E-state index in [0.717, 1.165) is 11.4 Å². The Labute approximate surface area is 135 Å². The van der Waals surface area contributed by atoms with E-state index in [1.807, 2.05) is 13.1 Å². The van der Waals surface area contributed by atoms with Crippen molar-refractivity contribution in [3.63, 3.8) is 0 Å². The fourth-order valence-electron chi connectivity index (χ4n) is 2.65. The van der Waals surface area contributed by atoms with E-state index in [1.54, 1.807) is 17.3 Å². The highest BCUT2D eigenvalue weighted by Crippen LogP contribution is 2.25. The van der Waals surface area contributed by atoms with Crippen LogP contribution >= 0.6 is 0 Å². The van der Waals surface area contributed by atoms with Gasteiger partial charge in [0.05, 0.1) is 11.4 Å². The van der Waals surface area contributed by atoms with E-state index in [2.05, 4.69) is 55.9 Å². The number of rotatable bonds is 2. The zero-order valence-electron chi connectivity index (χ0n) is 14.6. The van der Waals surface area contributed by atoms with Crippen LogP contribution in [-0.4, -0.2) is 9.97 Å². The number of hydrogen-bond donors (Lipinski definition) is 0. The quantitative estimate of drug-likeness (QED) is 0.760. The van der Waals surface area contributed by atoms with E-state index in [4.69, 9.17) is 0 Å². The number of nitrogens with zero attached hydrogens (tertiary/aromatic N) is 2. The van der Waals surface area contributed by atoms with E-state index in [9.17, 15) is 0 Å². The molecule has 1 aliphatic rings. The molecule has 1 aromatic carbocycles. The molecule has 118 valence electrons. The second-order valence-corrected chi connectivity index (χ2v) is 6.77. The fourth-order valence-corrected chi connectivity index (χ4v) is 2.65. The second-order valence-electron chi connectivity index (χ2n) is 6.77. The molecule has 3 rings (SSSR count).